The Balaban J connectivity index is 2.33. The van der Waals surface area contributed by atoms with E-state index < -0.39 is 10.1 Å². The number of hydrogen-bond donors (Lipinski definition) is 0. The van der Waals surface area contributed by atoms with Crippen LogP contribution in [0, 0.1) is 0 Å². The van der Waals surface area contributed by atoms with Gasteiger partial charge < -0.3 is 4.18 Å². The van der Waals surface area contributed by atoms with E-state index in [1.807, 2.05) is 0 Å². The fourth-order valence-electron chi connectivity index (χ4n) is 1.15. The molecule has 1 heterocycles. The molecule has 1 aromatic heterocycles. The molecule has 0 bridgehead atoms. The molecule has 0 unspecified atom stereocenters. The van der Waals surface area contributed by atoms with Crippen molar-refractivity contribution in [3.8, 4) is 5.75 Å². The predicted octanol–water partition coefficient (Wildman–Crippen LogP) is 4.69. The van der Waals surface area contributed by atoms with Gasteiger partial charge in [-0.2, -0.15) is 8.42 Å². The molecule has 8 heteroatoms. The van der Waals surface area contributed by atoms with Crippen LogP contribution in [0.4, 0.5) is 0 Å². The Bertz CT molecular complexity index is 665. The minimum atomic E-state index is -3.84. The SMILES string of the molecule is O=S(=O)(Oc1ccc(Cl)cc1)c1sc(Br)cc1Br. The molecule has 3 nitrogen and oxygen atoms in total. The van der Waals surface area contributed by atoms with Crippen molar-refractivity contribution in [3.63, 3.8) is 0 Å². The molecule has 18 heavy (non-hydrogen) atoms. The van der Waals surface area contributed by atoms with E-state index in [0.717, 1.165) is 11.3 Å². The topological polar surface area (TPSA) is 43.4 Å². The highest BCUT2D eigenvalue weighted by Gasteiger charge is 2.23. The maximum Gasteiger partial charge on any atom is 0.350 e. The molecule has 2 aromatic rings. The summed E-state index contributed by atoms with van der Waals surface area (Å²) in [6.45, 7) is 0. The maximum absolute atomic E-state index is 12.0. The van der Waals surface area contributed by atoms with Gasteiger partial charge in [-0.3, -0.25) is 0 Å². The van der Waals surface area contributed by atoms with Crippen LogP contribution in [0.3, 0.4) is 0 Å². The number of halogens is 3. The zero-order chi connectivity index (χ0) is 13.3. The summed E-state index contributed by atoms with van der Waals surface area (Å²) in [7, 11) is -3.84. The van der Waals surface area contributed by atoms with Crippen molar-refractivity contribution in [2.75, 3.05) is 0 Å². The Morgan fingerprint density at radius 1 is 1.17 bits per heavy atom. The maximum atomic E-state index is 12.0. The molecule has 1 aromatic carbocycles. The molecule has 0 atom stereocenters. The second kappa shape index (κ2) is 5.50. The highest BCUT2D eigenvalue weighted by Crippen LogP contribution is 2.36. The van der Waals surface area contributed by atoms with E-state index in [-0.39, 0.29) is 9.96 Å². The smallest absolute Gasteiger partial charge is 0.350 e. The zero-order valence-electron chi connectivity index (χ0n) is 8.56. The summed E-state index contributed by atoms with van der Waals surface area (Å²) in [5.41, 5.74) is 0. The minimum Gasteiger partial charge on any atom is -0.378 e. The Morgan fingerprint density at radius 3 is 2.28 bits per heavy atom. The Labute approximate surface area is 130 Å². The van der Waals surface area contributed by atoms with Crippen molar-refractivity contribution in [1.82, 2.24) is 0 Å². The van der Waals surface area contributed by atoms with Crippen LogP contribution in [-0.2, 0) is 10.1 Å². The molecule has 96 valence electrons. The molecule has 0 fully saturated rings. The van der Waals surface area contributed by atoms with Crippen LogP contribution in [0.15, 0.2) is 42.8 Å². The third kappa shape index (κ3) is 3.27. The molecule has 0 spiro atoms. The van der Waals surface area contributed by atoms with E-state index in [1.165, 1.54) is 12.1 Å². The van der Waals surface area contributed by atoms with Crippen molar-refractivity contribution in [2.45, 2.75) is 4.21 Å². The van der Waals surface area contributed by atoms with Crippen LogP contribution in [0.2, 0.25) is 5.02 Å². The number of thiophene rings is 1. The van der Waals surface area contributed by atoms with Crippen LogP contribution in [-0.4, -0.2) is 8.42 Å². The first-order chi connectivity index (χ1) is 8.38. The first-order valence-corrected chi connectivity index (χ1v) is 8.72. The summed E-state index contributed by atoms with van der Waals surface area (Å²) in [5, 5.41) is 0.514. The van der Waals surface area contributed by atoms with Gasteiger partial charge in [-0.25, -0.2) is 0 Å². The lowest BCUT2D eigenvalue weighted by molar-refractivity contribution is 0.488. The van der Waals surface area contributed by atoms with E-state index in [1.54, 1.807) is 18.2 Å². The second-order valence-electron chi connectivity index (χ2n) is 3.18. The average molecular weight is 433 g/mol. The summed E-state index contributed by atoms with van der Waals surface area (Å²) in [6, 6.07) is 7.77. The summed E-state index contributed by atoms with van der Waals surface area (Å²) in [4.78, 5) is 0. The van der Waals surface area contributed by atoms with Crippen molar-refractivity contribution in [3.05, 3.63) is 43.6 Å². The van der Waals surface area contributed by atoms with Crippen molar-refractivity contribution >= 4 is 64.9 Å². The van der Waals surface area contributed by atoms with E-state index in [0.29, 0.717) is 13.3 Å². The van der Waals surface area contributed by atoms with Gasteiger partial charge in [0.05, 0.1) is 8.26 Å². The van der Waals surface area contributed by atoms with Crippen molar-refractivity contribution < 1.29 is 12.6 Å². The predicted molar refractivity (Wildman–Crippen MR) is 79.0 cm³/mol. The highest BCUT2D eigenvalue weighted by atomic mass is 79.9. The lowest BCUT2D eigenvalue weighted by atomic mass is 10.3. The first kappa shape index (κ1) is 14.3. The molecule has 0 saturated carbocycles. The molecule has 0 amide bonds. The van der Waals surface area contributed by atoms with Gasteiger partial charge in [-0.15, -0.1) is 11.3 Å². The Hall–Kier alpha value is -0.0800. The van der Waals surface area contributed by atoms with Gasteiger partial charge >= 0.3 is 10.1 Å². The van der Waals surface area contributed by atoms with Gasteiger partial charge in [-0.1, -0.05) is 11.6 Å². The average Bonchev–Trinajstić information content (AvgIpc) is 2.62. The van der Waals surface area contributed by atoms with E-state index in [9.17, 15) is 8.42 Å². The molecule has 0 aliphatic rings. The van der Waals surface area contributed by atoms with Crippen molar-refractivity contribution in [2.24, 2.45) is 0 Å². The molecule has 2 rings (SSSR count). The standard InChI is InChI=1S/C10H5Br2ClO3S2/c11-8-5-9(12)17-10(8)18(14,15)16-7-3-1-6(13)2-4-7/h1-5H. The second-order valence-corrected chi connectivity index (χ2v) is 8.64. The molecule has 0 N–H and O–H groups in total. The van der Waals surface area contributed by atoms with Gasteiger partial charge in [0.25, 0.3) is 0 Å². The number of hydrogen-bond acceptors (Lipinski definition) is 4. The Kier molecular flexibility index (Phi) is 4.38. The lowest BCUT2D eigenvalue weighted by Crippen LogP contribution is -2.08. The largest absolute Gasteiger partial charge is 0.378 e. The number of benzene rings is 1. The van der Waals surface area contributed by atoms with Crippen LogP contribution in [0.25, 0.3) is 0 Å². The summed E-state index contributed by atoms with van der Waals surface area (Å²) in [5.74, 6) is 0.218. The monoisotopic (exact) mass is 430 g/mol. The van der Waals surface area contributed by atoms with Crippen LogP contribution < -0.4 is 4.18 Å². The van der Waals surface area contributed by atoms with E-state index >= 15 is 0 Å². The van der Waals surface area contributed by atoms with Gasteiger partial charge in [0.15, 0.2) is 4.21 Å². The van der Waals surface area contributed by atoms with Gasteiger partial charge in [-0.05, 0) is 62.2 Å². The normalized spacial score (nSPS) is 11.5. The summed E-state index contributed by atoms with van der Waals surface area (Å²) in [6.07, 6.45) is 0. The lowest BCUT2D eigenvalue weighted by Gasteiger charge is -2.05. The third-order valence-corrected chi connectivity index (χ3v) is 6.66. The van der Waals surface area contributed by atoms with Crippen LogP contribution in [0.5, 0.6) is 5.75 Å². The molecule has 0 saturated heterocycles. The molecule has 0 aliphatic heterocycles. The Morgan fingerprint density at radius 2 is 1.78 bits per heavy atom. The fourth-order valence-corrected chi connectivity index (χ4v) is 5.87. The quantitative estimate of drug-likeness (QED) is 0.661. The van der Waals surface area contributed by atoms with Crippen LogP contribution in [0.1, 0.15) is 0 Å². The highest BCUT2D eigenvalue weighted by molar-refractivity contribution is 9.11. The van der Waals surface area contributed by atoms with Gasteiger partial charge in [0.1, 0.15) is 5.75 Å². The summed E-state index contributed by atoms with van der Waals surface area (Å²) >= 11 is 13.2. The molecule has 0 radical (unpaired) electrons. The van der Waals surface area contributed by atoms with Gasteiger partial charge in [0, 0.05) is 5.02 Å². The fraction of sp³-hybridized carbons (Fsp3) is 0. The molecular formula is C10H5Br2ClO3S2. The third-order valence-electron chi connectivity index (χ3n) is 1.87. The minimum absolute atomic E-state index is 0.115. The molecule has 0 aliphatic carbocycles. The van der Waals surface area contributed by atoms with Gasteiger partial charge in [0.2, 0.25) is 0 Å². The van der Waals surface area contributed by atoms with E-state index in [2.05, 4.69) is 31.9 Å². The molecular weight excluding hydrogens is 428 g/mol. The van der Waals surface area contributed by atoms with E-state index in [4.69, 9.17) is 15.8 Å². The first-order valence-electron chi connectivity index (χ1n) is 4.53. The number of rotatable bonds is 3. The zero-order valence-corrected chi connectivity index (χ0v) is 14.1. The summed E-state index contributed by atoms with van der Waals surface area (Å²) < 4.78 is 30.3. The van der Waals surface area contributed by atoms with Crippen LogP contribution >= 0.6 is 54.8 Å². The van der Waals surface area contributed by atoms with Crippen molar-refractivity contribution in [1.29, 1.82) is 0 Å².